The Morgan fingerprint density at radius 2 is 2.12 bits per heavy atom. The van der Waals surface area contributed by atoms with Crippen molar-refractivity contribution in [2.45, 2.75) is 13.8 Å². The van der Waals surface area contributed by atoms with E-state index in [-0.39, 0.29) is 12.5 Å². The van der Waals surface area contributed by atoms with Gasteiger partial charge in [-0.15, -0.1) is 22.7 Å². The Kier molecular flexibility index (Phi) is 4.34. The van der Waals surface area contributed by atoms with Gasteiger partial charge in [-0.1, -0.05) is 6.07 Å². The fourth-order valence-electron chi connectivity index (χ4n) is 2.76. The Morgan fingerprint density at radius 3 is 2.96 bits per heavy atom. The van der Waals surface area contributed by atoms with Crippen molar-refractivity contribution in [3.63, 3.8) is 0 Å². The number of thiophene rings is 1. The Labute approximate surface area is 157 Å². The number of ether oxygens (including phenoxy) is 1. The Balaban J connectivity index is 1.56. The highest BCUT2D eigenvalue weighted by molar-refractivity contribution is 7.21. The van der Waals surface area contributed by atoms with Gasteiger partial charge < -0.3 is 10.1 Å². The summed E-state index contributed by atoms with van der Waals surface area (Å²) in [4.78, 5) is 16.8. The monoisotopic (exact) mass is 386 g/mol. The number of amides is 1. The molecule has 0 aliphatic carbocycles. The maximum Gasteiger partial charge on any atom is 0.262 e. The van der Waals surface area contributed by atoms with E-state index in [2.05, 4.69) is 10.3 Å². The number of halogens is 1. The molecule has 1 amide bonds. The van der Waals surface area contributed by atoms with Crippen molar-refractivity contribution in [2.24, 2.45) is 0 Å². The van der Waals surface area contributed by atoms with Crippen LogP contribution in [-0.4, -0.2) is 17.5 Å². The number of anilines is 1. The summed E-state index contributed by atoms with van der Waals surface area (Å²) in [5, 5.41) is 6.62. The second-order valence-electron chi connectivity index (χ2n) is 5.91. The minimum atomic E-state index is -0.391. The van der Waals surface area contributed by atoms with Gasteiger partial charge in [-0.25, -0.2) is 9.37 Å². The number of rotatable bonds is 4. The summed E-state index contributed by atoms with van der Waals surface area (Å²) in [5.74, 6) is -0.0657. The standard InChI is InChI=1S/C19H15FN2O2S2/c1-10-3-4-12(20)7-14(10)22-17(23)9-24-15-8-16-18(21-11(2)26-16)19-13(15)5-6-25-19/h3-8H,9H2,1-2H3,(H,22,23). The van der Waals surface area contributed by atoms with Crippen LogP contribution in [0.1, 0.15) is 10.6 Å². The van der Waals surface area contributed by atoms with Crippen LogP contribution in [0.3, 0.4) is 0 Å². The first kappa shape index (κ1) is 16.9. The average Bonchev–Trinajstić information content (AvgIpc) is 3.21. The van der Waals surface area contributed by atoms with Crippen LogP contribution < -0.4 is 10.1 Å². The van der Waals surface area contributed by atoms with E-state index in [1.807, 2.05) is 31.4 Å². The number of carbonyl (C=O) groups is 1. The van der Waals surface area contributed by atoms with E-state index in [0.29, 0.717) is 11.4 Å². The maximum atomic E-state index is 13.4. The highest BCUT2D eigenvalue weighted by Gasteiger charge is 2.14. The molecule has 0 radical (unpaired) electrons. The first-order chi connectivity index (χ1) is 12.5. The SMILES string of the molecule is Cc1nc2c(cc(OCC(=O)Nc3cc(F)ccc3C)c3ccsc32)s1. The van der Waals surface area contributed by atoms with Crippen molar-refractivity contribution in [3.8, 4) is 5.75 Å². The van der Waals surface area contributed by atoms with Gasteiger partial charge in [0.25, 0.3) is 5.91 Å². The maximum absolute atomic E-state index is 13.4. The average molecular weight is 386 g/mol. The summed E-state index contributed by atoms with van der Waals surface area (Å²) in [6, 6.07) is 8.19. The molecular weight excluding hydrogens is 371 g/mol. The van der Waals surface area contributed by atoms with Crippen LogP contribution in [-0.2, 0) is 4.79 Å². The highest BCUT2D eigenvalue weighted by atomic mass is 32.1. The topological polar surface area (TPSA) is 51.2 Å². The van der Waals surface area contributed by atoms with Gasteiger partial charge in [-0.05, 0) is 43.0 Å². The van der Waals surface area contributed by atoms with Crippen LogP contribution in [0.5, 0.6) is 5.75 Å². The Hall–Kier alpha value is -2.51. The van der Waals surface area contributed by atoms with E-state index in [0.717, 1.165) is 30.9 Å². The second kappa shape index (κ2) is 6.66. The zero-order valence-electron chi connectivity index (χ0n) is 14.1. The third-order valence-corrected chi connectivity index (χ3v) is 5.84. The molecule has 26 heavy (non-hydrogen) atoms. The van der Waals surface area contributed by atoms with Crippen molar-refractivity contribution >= 4 is 54.6 Å². The normalized spacial score (nSPS) is 11.2. The summed E-state index contributed by atoms with van der Waals surface area (Å²) < 4.78 is 21.2. The first-order valence-corrected chi connectivity index (χ1v) is 9.67. The third-order valence-electron chi connectivity index (χ3n) is 4.00. The van der Waals surface area contributed by atoms with E-state index in [4.69, 9.17) is 4.74 Å². The molecule has 0 aliphatic rings. The summed E-state index contributed by atoms with van der Waals surface area (Å²) in [6.07, 6.45) is 0. The van der Waals surface area contributed by atoms with Crippen LogP contribution in [0, 0.1) is 19.7 Å². The van der Waals surface area contributed by atoms with Gasteiger partial charge in [-0.3, -0.25) is 4.79 Å². The number of aromatic nitrogens is 1. The number of nitrogens with one attached hydrogen (secondary N) is 1. The number of thiazole rings is 1. The molecule has 4 nitrogen and oxygen atoms in total. The molecule has 0 spiro atoms. The van der Waals surface area contributed by atoms with Crippen molar-refractivity contribution < 1.29 is 13.9 Å². The molecule has 0 saturated carbocycles. The quantitative estimate of drug-likeness (QED) is 0.519. The van der Waals surface area contributed by atoms with E-state index in [1.165, 1.54) is 12.1 Å². The summed E-state index contributed by atoms with van der Waals surface area (Å²) >= 11 is 3.20. The van der Waals surface area contributed by atoms with E-state index in [9.17, 15) is 9.18 Å². The lowest BCUT2D eigenvalue weighted by atomic mass is 10.2. The van der Waals surface area contributed by atoms with Gasteiger partial charge in [0.05, 0.1) is 19.9 Å². The van der Waals surface area contributed by atoms with Gasteiger partial charge in [0.2, 0.25) is 0 Å². The molecule has 2 aromatic carbocycles. The lowest BCUT2D eigenvalue weighted by Gasteiger charge is -2.10. The first-order valence-electron chi connectivity index (χ1n) is 7.97. The molecule has 4 rings (SSSR count). The predicted octanol–water partition coefficient (Wildman–Crippen LogP) is 5.28. The molecule has 4 aromatic rings. The molecule has 0 bridgehead atoms. The number of hydrogen-bond donors (Lipinski definition) is 1. The van der Waals surface area contributed by atoms with Crippen molar-refractivity contribution in [2.75, 3.05) is 11.9 Å². The summed E-state index contributed by atoms with van der Waals surface area (Å²) in [6.45, 7) is 3.63. The molecule has 7 heteroatoms. The second-order valence-corrected chi connectivity index (χ2v) is 8.06. The van der Waals surface area contributed by atoms with Gasteiger partial charge in [0.15, 0.2) is 6.61 Å². The van der Waals surface area contributed by atoms with E-state index >= 15 is 0 Å². The fraction of sp³-hybridized carbons (Fsp3) is 0.158. The number of nitrogens with zero attached hydrogens (tertiary/aromatic N) is 1. The molecular formula is C19H15FN2O2S2. The van der Waals surface area contributed by atoms with E-state index < -0.39 is 5.82 Å². The number of carbonyl (C=O) groups excluding carboxylic acids is 1. The van der Waals surface area contributed by atoms with Crippen LogP contribution in [0.15, 0.2) is 35.7 Å². The van der Waals surface area contributed by atoms with Gasteiger partial charge in [0, 0.05) is 17.1 Å². The molecule has 0 unspecified atom stereocenters. The van der Waals surface area contributed by atoms with Crippen molar-refractivity contribution in [3.05, 3.63) is 52.1 Å². The minimum absolute atomic E-state index is 0.149. The third kappa shape index (κ3) is 3.15. The van der Waals surface area contributed by atoms with Crippen LogP contribution in [0.25, 0.3) is 20.3 Å². The number of benzene rings is 2. The molecule has 0 aliphatic heterocycles. The Morgan fingerprint density at radius 1 is 1.27 bits per heavy atom. The van der Waals surface area contributed by atoms with Crippen molar-refractivity contribution in [1.29, 1.82) is 0 Å². The van der Waals surface area contributed by atoms with Gasteiger partial charge in [-0.2, -0.15) is 0 Å². The molecule has 132 valence electrons. The van der Waals surface area contributed by atoms with Crippen molar-refractivity contribution in [1.82, 2.24) is 4.98 Å². The lowest BCUT2D eigenvalue weighted by molar-refractivity contribution is -0.118. The molecule has 0 saturated heterocycles. The van der Waals surface area contributed by atoms with Crippen LogP contribution in [0.2, 0.25) is 0 Å². The zero-order valence-corrected chi connectivity index (χ0v) is 15.8. The smallest absolute Gasteiger partial charge is 0.262 e. The molecule has 1 N–H and O–H groups in total. The Bertz CT molecular complexity index is 1130. The van der Waals surface area contributed by atoms with Gasteiger partial charge in [0.1, 0.15) is 11.6 Å². The van der Waals surface area contributed by atoms with Gasteiger partial charge >= 0.3 is 0 Å². The highest BCUT2D eigenvalue weighted by Crippen LogP contribution is 2.38. The molecule has 0 fully saturated rings. The zero-order chi connectivity index (χ0) is 18.3. The molecule has 2 aromatic heterocycles. The van der Waals surface area contributed by atoms with Crippen LogP contribution >= 0.6 is 22.7 Å². The minimum Gasteiger partial charge on any atom is -0.483 e. The predicted molar refractivity (Wildman–Crippen MR) is 105 cm³/mol. The fourth-order valence-corrected chi connectivity index (χ4v) is 4.60. The largest absolute Gasteiger partial charge is 0.483 e. The summed E-state index contributed by atoms with van der Waals surface area (Å²) in [7, 11) is 0. The van der Waals surface area contributed by atoms with Crippen LogP contribution in [0.4, 0.5) is 10.1 Å². The molecule has 0 atom stereocenters. The van der Waals surface area contributed by atoms with E-state index in [1.54, 1.807) is 28.7 Å². The molecule has 2 heterocycles. The number of hydrogen-bond acceptors (Lipinski definition) is 5. The lowest BCUT2D eigenvalue weighted by Crippen LogP contribution is -2.20. The number of fused-ring (bicyclic) bond motifs is 3. The number of aryl methyl sites for hydroxylation is 2. The summed E-state index contributed by atoms with van der Waals surface area (Å²) in [5.41, 5.74) is 2.22.